The van der Waals surface area contributed by atoms with Crippen LogP contribution in [0, 0.1) is 9.39 Å². The molecule has 0 saturated carbocycles. The van der Waals surface area contributed by atoms with Gasteiger partial charge in [0.1, 0.15) is 12.4 Å². The van der Waals surface area contributed by atoms with E-state index in [0.717, 1.165) is 26.1 Å². The molecule has 0 amide bonds. The quantitative estimate of drug-likeness (QED) is 0.461. The molecule has 0 saturated heterocycles. The van der Waals surface area contributed by atoms with E-state index in [1.54, 1.807) is 19.2 Å². The molecule has 0 atom stereocenters. The standard InChI is InChI=1S/C21H19FINO2/c1-25-20-12-16(13-24-18-9-7-17(22)8-10-18)11-19(23)21(20)26-14-15-5-3-2-4-6-15/h2-12,24H,13-14H2,1H3. The number of nitrogens with one attached hydrogen (secondary N) is 1. The summed E-state index contributed by atoms with van der Waals surface area (Å²) in [5.41, 5.74) is 3.03. The van der Waals surface area contributed by atoms with Crippen LogP contribution in [0.2, 0.25) is 0 Å². The van der Waals surface area contributed by atoms with Gasteiger partial charge in [0.05, 0.1) is 10.7 Å². The molecule has 0 aliphatic heterocycles. The normalized spacial score (nSPS) is 10.4. The van der Waals surface area contributed by atoms with Gasteiger partial charge in [0.2, 0.25) is 0 Å². The molecule has 3 aromatic carbocycles. The zero-order chi connectivity index (χ0) is 18.4. The van der Waals surface area contributed by atoms with Crippen LogP contribution >= 0.6 is 22.6 Å². The maximum atomic E-state index is 13.0. The molecule has 0 heterocycles. The highest BCUT2D eigenvalue weighted by molar-refractivity contribution is 14.1. The Kier molecular flexibility index (Phi) is 6.33. The third kappa shape index (κ3) is 4.88. The highest BCUT2D eigenvalue weighted by Gasteiger charge is 2.12. The summed E-state index contributed by atoms with van der Waals surface area (Å²) in [4.78, 5) is 0. The second-order valence-electron chi connectivity index (χ2n) is 5.74. The minimum atomic E-state index is -0.244. The molecule has 0 radical (unpaired) electrons. The molecule has 0 aromatic heterocycles. The number of benzene rings is 3. The van der Waals surface area contributed by atoms with Crippen LogP contribution in [0.5, 0.6) is 11.5 Å². The van der Waals surface area contributed by atoms with E-state index in [4.69, 9.17) is 9.47 Å². The molecule has 3 rings (SSSR count). The average Bonchev–Trinajstić information content (AvgIpc) is 2.67. The Labute approximate surface area is 166 Å². The number of hydrogen-bond donors (Lipinski definition) is 1. The molecular formula is C21H19FINO2. The van der Waals surface area contributed by atoms with Gasteiger partial charge in [-0.1, -0.05) is 30.3 Å². The first kappa shape index (κ1) is 18.5. The summed E-state index contributed by atoms with van der Waals surface area (Å²) in [5.74, 6) is 1.19. The van der Waals surface area contributed by atoms with Crippen LogP contribution in [-0.4, -0.2) is 7.11 Å². The molecule has 0 aliphatic carbocycles. The first-order valence-electron chi connectivity index (χ1n) is 8.18. The molecule has 0 bridgehead atoms. The zero-order valence-corrected chi connectivity index (χ0v) is 16.5. The lowest BCUT2D eigenvalue weighted by Gasteiger charge is -2.15. The van der Waals surface area contributed by atoms with Crippen molar-refractivity contribution in [2.24, 2.45) is 0 Å². The maximum absolute atomic E-state index is 13.0. The Bertz CT molecular complexity index is 854. The molecule has 1 N–H and O–H groups in total. The fraction of sp³-hybridized carbons (Fsp3) is 0.143. The van der Waals surface area contributed by atoms with Gasteiger partial charge in [0.25, 0.3) is 0 Å². The fourth-order valence-electron chi connectivity index (χ4n) is 2.52. The third-order valence-electron chi connectivity index (χ3n) is 3.86. The van der Waals surface area contributed by atoms with E-state index in [1.807, 2.05) is 36.4 Å². The second kappa shape index (κ2) is 8.89. The Morgan fingerprint density at radius 2 is 1.69 bits per heavy atom. The molecule has 3 aromatic rings. The molecule has 0 unspecified atom stereocenters. The Balaban J connectivity index is 1.70. The van der Waals surface area contributed by atoms with E-state index >= 15 is 0 Å². The number of anilines is 1. The molecular weight excluding hydrogens is 444 g/mol. The Morgan fingerprint density at radius 1 is 0.962 bits per heavy atom. The van der Waals surface area contributed by atoms with E-state index in [0.29, 0.717) is 18.9 Å². The SMILES string of the molecule is COc1cc(CNc2ccc(F)cc2)cc(I)c1OCc1ccccc1. The van der Waals surface area contributed by atoms with Crippen molar-refractivity contribution in [2.45, 2.75) is 13.2 Å². The van der Waals surface area contributed by atoms with Crippen molar-refractivity contribution >= 4 is 28.3 Å². The fourth-order valence-corrected chi connectivity index (χ4v) is 3.34. The number of rotatable bonds is 7. The van der Waals surface area contributed by atoms with E-state index in [2.05, 4.69) is 34.0 Å². The molecule has 0 aliphatic rings. The van der Waals surface area contributed by atoms with E-state index < -0.39 is 0 Å². The van der Waals surface area contributed by atoms with Gasteiger partial charge in [-0.05, 0) is 70.1 Å². The topological polar surface area (TPSA) is 30.5 Å². The van der Waals surface area contributed by atoms with Crippen LogP contribution in [0.4, 0.5) is 10.1 Å². The number of halogens is 2. The molecule has 26 heavy (non-hydrogen) atoms. The van der Waals surface area contributed by atoms with Crippen molar-refractivity contribution in [3.8, 4) is 11.5 Å². The summed E-state index contributed by atoms with van der Waals surface area (Å²) < 4.78 is 25.5. The van der Waals surface area contributed by atoms with Crippen molar-refractivity contribution in [3.63, 3.8) is 0 Å². The molecule has 5 heteroatoms. The predicted molar refractivity (Wildman–Crippen MR) is 110 cm³/mol. The summed E-state index contributed by atoms with van der Waals surface area (Å²) >= 11 is 2.25. The van der Waals surface area contributed by atoms with Gasteiger partial charge in [-0.15, -0.1) is 0 Å². The van der Waals surface area contributed by atoms with Crippen LogP contribution < -0.4 is 14.8 Å². The van der Waals surface area contributed by atoms with Crippen molar-refractivity contribution in [1.29, 1.82) is 0 Å². The molecule has 0 spiro atoms. The van der Waals surface area contributed by atoms with Crippen molar-refractivity contribution < 1.29 is 13.9 Å². The van der Waals surface area contributed by atoms with E-state index in [1.165, 1.54) is 12.1 Å². The van der Waals surface area contributed by atoms with Crippen LogP contribution in [0.3, 0.4) is 0 Å². The van der Waals surface area contributed by atoms with Crippen LogP contribution in [0.25, 0.3) is 0 Å². The van der Waals surface area contributed by atoms with Gasteiger partial charge in [0.15, 0.2) is 11.5 Å². The first-order chi connectivity index (χ1) is 12.7. The highest BCUT2D eigenvalue weighted by atomic mass is 127. The third-order valence-corrected chi connectivity index (χ3v) is 4.66. The smallest absolute Gasteiger partial charge is 0.174 e. The minimum Gasteiger partial charge on any atom is -0.493 e. The van der Waals surface area contributed by atoms with Gasteiger partial charge in [-0.2, -0.15) is 0 Å². The number of methoxy groups -OCH3 is 1. The van der Waals surface area contributed by atoms with Crippen LogP contribution in [-0.2, 0) is 13.2 Å². The summed E-state index contributed by atoms with van der Waals surface area (Å²) in [6.07, 6.45) is 0. The van der Waals surface area contributed by atoms with Crippen LogP contribution in [0.1, 0.15) is 11.1 Å². The van der Waals surface area contributed by atoms with Gasteiger partial charge in [-0.25, -0.2) is 4.39 Å². The second-order valence-corrected chi connectivity index (χ2v) is 6.91. The largest absolute Gasteiger partial charge is 0.493 e. The summed E-state index contributed by atoms with van der Waals surface area (Å²) in [6.45, 7) is 1.09. The van der Waals surface area contributed by atoms with Gasteiger partial charge >= 0.3 is 0 Å². The summed E-state index contributed by atoms with van der Waals surface area (Å²) in [5, 5.41) is 3.28. The number of hydrogen-bond acceptors (Lipinski definition) is 3. The first-order valence-corrected chi connectivity index (χ1v) is 9.26. The lowest BCUT2D eigenvalue weighted by molar-refractivity contribution is 0.282. The van der Waals surface area contributed by atoms with Gasteiger partial charge in [-0.3, -0.25) is 0 Å². The van der Waals surface area contributed by atoms with E-state index in [-0.39, 0.29) is 5.82 Å². The molecule has 3 nitrogen and oxygen atoms in total. The average molecular weight is 463 g/mol. The lowest BCUT2D eigenvalue weighted by Crippen LogP contribution is -2.03. The molecule has 0 fully saturated rings. The zero-order valence-electron chi connectivity index (χ0n) is 14.3. The summed E-state index contributed by atoms with van der Waals surface area (Å²) in [6, 6.07) is 20.3. The predicted octanol–water partition coefficient (Wildman–Crippen LogP) is 5.63. The van der Waals surface area contributed by atoms with Gasteiger partial charge < -0.3 is 14.8 Å². The summed E-state index contributed by atoms with van der Waals surface area (Å²) in [7, 11) is 1.64. The number of ether oxygens (including phenoxy) is 2. The molecule has 134 valence electrons. The lowest BCUT2D eigenvalue weighted by atomic mass is 10.2. The minimum absolute atomic E-state index is 0.244. The highest BCUT2D eigenvalue weighted by Crippen LogP contribution is 2.34. The van der Waals surface area contributed by atoms with Gasteiger partial charge in [0, 0.05) is 12.2 Å². The Morgan fingerprint density at radius 3 is 2.38 bits per heavy atom. The van der Waals surface area contributed by atoms with E-state index in [9.17, 15) is 4.39 Å². The van der Waals surface area contributed by atoms with Crippen molar-refractivity contribution in [1.82, 2.24) is 0 Å². The van der Waals surface area contributed by atoms with Crippen LogP contribution in [0.15, 0.2) is 66.7 Å². The monoisotopic (exact) mass is 463 g/mol. The van der Waals surface area contributed by atoms with Crippen molar-refractivity contribution in [3.05, 3.63) is 87.2 Å². The Hall–Kier alpha value is -2.28. The maximum Gasteiger partial charge on any atom is 0.174 e. The van der Waals surface area contributed by atoms with Crippen molar-refractivity contribution in [2.75, 3.05) is 12.4 Å².